The van der Waals surface area contributed by atoms with E-state index in [2.05, 4.69) is 20.7 Å². The molecule has 8 heteroatoms. The zero-order valence-electron chi connectivity index (χ0n) is 11.0. The summed E-state index contributed by atoms with van der Waals surface area (Å²) in [6, 6.07) is 0. The van der Waals surface area contributed by atoms with Gasteiger partial charge in [0.1, 0.15) is 16.8 Å². The monoisotopic (exact) mass is 274 g/mol. The van der Waals surface area contributed by atoms with E-state index in [0.29, 0.717) is 0 Å². The number of aromatic amines is 1. The molecule has 2 rings (SSSR count). The summed E-state index contributed by atoms with van der Waals surface area (Å²) in [4.78, 5) is 11.7. The number of H-pyrrole nitrogens is 1. The highest BCUT2D eigenvalue weighted by atomic mass is 19.3. The molecule has 1 aliphatic rings. The number of alkyl halides is 2. The zero-order chi connectivity index (χ0) is 14.3. The van der Waals surface area contributed by atoms with Crippen molar-refractivity contribution in [1.82, 2.24) is 20.7 Å². The molecule has 0 spiro atoms. The lowest BCUT2D eigenvalue weighted by molar-refractivity contribution is -0.137. The number of amides is 1. The van der Waals surface area contributed by atoms with Gasteiger partial charge in [-0.25, -0.2) is 13.6 Å². The van der Waals surface area contributed by atoms with Crippen molar-refractivity contribution in [3.05, 3.63) is 11.9 Å². The van der Waals surface area contributed by atoms with E-state index in [-0.39, 0.29) is 5.69 Å². The van der Waals surface area contributed by atoms with Crippen LogP contribution in [0.3, 0.4) is 0 Å². The Morgan fingerprint density at radius 2 is 2.11 bits per heavy atom. The van der Waals surface area contributed by atoms with Gasteiger partial charge in [-0.15, -0.1) is 5.10 Å². The van der Waals surface area contributed by atoms with Gasteiger partial charge in [0.2, 0.25) is 0 Å². The lowest BCUT2D eigenvalue weighted by atomic mass is 9.71. The predicted molar refractivity (Wildman–Crippen MR) is 61.6 cm³/mol. The predicted octanol–water partition coefficient (Wildman–Crippen LogP) is 1.95. The number of carbonyl (C=O) groups is 1. The first-order chi connectivity index (χ1) is 8.62. The van der Waals surface area contributed by atoms with Crippen molar-refractivity contribution in [3.63, 3.8) is 0 Å². The Hall–Kier alpha value is -1.73. The van der Waals surface area contributed by atoms with Crippen molar-refractivity contribution < 1.29 is 18.3 Å². The molecule has 0 aromatic carbocycles. The average Bonchev–Trinajstić information content (AvgIpc) is 2.62. The number of hydrogen-bond donors (Lipinski definition) is 2. The largest absolute Gasteiger partial charge is 0.444 e. The van der Waals surface area contributed by atoms with Gasteiger partial charge in [0, 0.05) is 19.0 Å². The Morgan fingerprint density at radius 1 is 1.47 bits per heavy atom. The van der Waals surface area contributed by atoms with Crippen LogP contribution in [0.4, 0.5) is 13.6 Å². The molecule has 1 aromatic heterocycles. The van der Waals surface area contributed by atoms with Crippen LogP contribution in [0.5, 0.6) is 0 Å². The maximum atomic E-state index is 13.2. The van der Waals surface area contributed by atoms with Crippen LogP contribution < -0.4 is 5.32 Å². The lowest BCUT2D eigenvalue weighted by Gasteiger charge is -2.46. The molecule has 0 atom stereocenters. The van der Waals surface area contributed by atoms with Crippen LogP contribution in [0.25, 0.3) is 0 Å². The van der Waals surface area contributed by atoms with Crippen LogP contribution in [-0.2, 0) is 10.3 Å². The molecule has 1 amide bonds. The standard InChI is InChI=1S/C11H16F2N4O2/c1-9(2,3)19-8(18)15-10(5-11(12,13)6-10)7-4-14-17-16-7/h4H,5-6H2,1-3H3,(H,15,18)(H,14,16,17). The maximum Gasteiger partial charge on any atom is 0.408 e. The molecule has 6 nitrogen and oxygen atoms in total. The summed E-state index contributed by atoms with van der Waals surface area (Å²) >= 11 is 0. The van der Waals surface area contributed by atoms with Gasteiger partial charge in [0.25, 0.3) is 5.92 Å². The van der Waals surface area contributed by atoms with E-state index in [4.69, 9.17) is 4.74 Å². The highest BCUT2D eigenvalue weighted by molar-refractivity contribution is 5.69. The first kappa shape index (κ1) is 13.7. The normalized spacial score (nSPS) is 20.5. The minimum absolute atomic E-state index is 0.282. The third kappa shape index (κ3) is 2.99. The van der Waals surface area contributed by atoms with Crippen LogP contribution >= 0.6 is 0 Å². The van der Waals surface area contributed by atoms with Gasteiger partial charge in [-0.3, -0.25) is 5.10 Å². The highest BCUT2D eigenvalue weighted by Crippen LogP contribution is 2.51. The van der Waals surface area contributed by atoms with Gasteiger partial charge < -0.3 is 10.1 Å². The molecule has 19 heavy (non-hydrogen) atoms. The SMILES string of the molecule is CC(C)(C)OC(=O)NC1(c2c[nH]nn2)CC(F)(F)C1. The van der Waals surface area contributed by atoms with Gasteiger partial charge in [-0.05, 0) is 20.8 Å². The smallest absolute Gasteiger partial charge is 0.408 e. The van der Waals surface area contributed by atoms with Crippen LogP contribution in [0, 0.1) is 0 Å². The molecular formula is C11H16F2N4O2. The van der Waals surface area contributed by atoms with Crippen molar-refractivity contribution in [2.24, 2.45) is 0 Å². The van der Waals surface area contributed by atoms with Crippen LogP contribution in [0.2, 0.25) is 0 Å². The van der Waals surface area contributed by atoms with Crippen LogP contribution in [0.1, 0.15) is 39.3 Å². The summed E-state index contributed by atoms with van der Waals surface area (Å²) in [5, 5.41) is 12.1. The van der Waals surface area contributed by atoms with E-state index in [1.165, 1.54) is 6.20 Å². The Balaban J connectivity index is 2.11. The minimum Gasteiger partial charge on any atom is -0.444 e. The molecule has 0 bridgehead atoms. The summed E-state index contributed by atoms with van der Waals surface area (Å²) in [6.45, 7) is 5.10. The van der Waals surface area contributed by atoms with Crippen molar-refractivity contribution in [3.8, 4) is 0 Å². The van der Waals surface area contributed by atoms with E-state index in [9.17, 15) is 13.6 Å². The number of nitrogens with zero attached hydrogens (tertiary/aromatic N) is 2. The maximum absolute atomic E-state index is 13.2. The topological polar surface area (TPSA) is 79.9 Å². The van der Waals surface area contributed by atoms with E-state index in [0.717, 1.165) is 0 Å². The molecule has 0 aliphatic heterocycles. The molecule has 1 aromatic rings. The third-order valence-corrected chi connectivity index (χ3v) is 2.77. The molecule has 1 saturated carbocycles. The van der Waals surface area contributed by atoms with Gasteiger partial charge >= 0.3 is 6.09 Å². The van der Waals surface area contributed by atoms with Crippen molar-refractivity contribution in [2.75, 3.05) is 0 Å². The van der Waals surface area contributed by atoms with Crippen molar-refractivity contribution in [2.45, 2.75) is 50.7 Å². The van der Waals surface area contributed by atoms with Gasteiger partial charge in [0.15, 0.2) is 0 Å². The molecule has 0 radical (unpaired) electrons. The first-order valence-electron chi connectivity index (χ1n) is 5.88. The second kappa shape index (κ2) is 4.14. The second-order valence-corrected chi connectivity index (χ2v) is 5.78. The highest BCUT2D eigenvalue weighted by Gasteiger charge is 2.60. The fourth-order valence-electron chi connectivity index (χ4n) is 2.10. The van der Waals surface area contributed by atoms with Crippen molar-refractivity contribution in [1.29, 1.82) is 0 Å². The zero-order valence-corrected chi connectivity index (χ0v) is 11.0. The summed E-state index contributed by atoms with van der Waals surface area (Å²) in [6.07, 6.45) is -0.365. The quantitative estimate of drug-likeness (QED) is 0.863. The van der Waals surface area contributed by atoms with Crippen LogP contribution in [0.15, 0.2) is 6.20 Å². The van der Waals surface area contributed by atoms with E-state index >= 15 is 0 Å². The molecular weight excluding hydrogens is 258 g/mol. The fourth-order valence-corrected chi connectivity index (χ4v) is 2.10. The summed E-state index contributed by atoms with van der Waals surface area (Å²) in [5.74, 6) is -2.81. The molecule has 106 valence electrons. The number of halogens is 2. The third-order valence-electron chi connectivity index (χ3n) is 2.77. The van der Waals surface area contributed by atoms with E-state index < -0.39 is 36.0 Å². The molecule has 1 aliphatic carbocycles. The summed E-state index contributed by atoms with van der Waals surface area (Å²) in [7, 11) is 0. The van der Waals surface area contributed by atoms with Gasteiger partial charge in [-0.1, -0.05) is 5.21 Å². The molecule has 1 heterocycles. The van der Waals surface area contributed by atoms with Crippen LogP contribution in [-0.4, -0.2) is 33.0 Å². The average molecular weight is 274 g/mol. The molecule has 2 N–H and O–H groups in total. The molecule has 0 unspecified atom stereocenters. The number of hydrogen-bond acceptors (Lipinski definition) is 4. The minimum atomic E-state index is -2.81. The van der Waals surface area contributed by atoms with Gasteiger partial charge in [0.05, 0.1) is 0 Å². The van der Waals surface area contributed by atoms with E-state index in [1.54, 1.807) is 20.8 Å². The van der Waals surface area contributed by atoms with Gasteiger partial charge in [-0.2, -0.15) is 0 Å². The number of nitrogens with one attached hydrogen (secondary N) is 2. The Labute approximate surface area is 108 Å². The number of ether oxygens (including phenoxy) is 1. The second-order valence-electron chi connectivity index (χ2n) is 5.78. The lowest BCUT2D eigenvalue weighted by Crippen LogP contribution is -2.60. The first-order valence-corrected chi connectivity index (χ1v) is 5.88. The molecule has 1 fully saturated rings. The summed E-state index contributed by atoms with van der Waals surface area (Å²) < 4.78 is 31.4. The number of rotatable bonds is 2. The Morgan fingerprint density at radius 3 is 2.53 bits per heavy atom. The summed E-state index contributed by atoms with van der Waals surface area (Å²) in [5.41, 5.74) is -1.62. The van der Waals surface area contributed by atoms with E-state index in [1.807, 2.05) is 0 Å². The number of aromatic nitrogens is 3. The number of alkyl carbamates (subject to hydrolysis) is 1. The van der Waals surface area contributed by atoms with Crippen molar-refractivity contribution >= 4 is 6.09 Å². The Kier molecular flexibility index (Phi) is 2.98. The Bertz CT molecular complexity index is 460. The molecule has 0 saturated heterocycles. The number of carbonyl (C=O) groups excluding carboxylic acids is 1. The fraction of sp³-hybridized carbons (Fsp3) is 0.727.